The van der Waals surface area contributed by atoms with Gasteiger partial charge in [-0.1, -0.05) is 61.5 Å². The Balaban J connectivity index is 1.24. The lowest BCUT2D eigenvalue weighted by atomic mass is 9.91. The van der Waals surface area contributed by atoms with Crippen LogP contribution in [0.2, 0.25) is 5.02 Å². The average Bonchev–Trinajstić information content (AvgIpc) is 3.45. The fraction of sp³-hybridized carbons (Fsp3) is 0.371. The summed E-state index contributed by atoms with van der Waals surface area (Å²) in [4.78, 5) is 34.2. The molecular weight excluding hydrogens is 652 g/mol. The van der Waals surface area contributed by atoms with Gasteiger partial charge in [0, 0.05) is 41.3 Å². The Labute approximate surface area is 286 Å². The minimum Gasteiger partial charge on any atom is -0.443 e. The highest BCUT2D eigenvalue weighted by atomic mass is 35.5. The number of carbonyl (C=O) groups is 2. The summed E-state index contributed by atoms with van der Waals surface area (Å²) in [6, 6.07) is 15.4. The number of amides is 2. The van der Waals surface area contributed by atoms with Gasteiger partial charge < -0.3 is 15.4 Å². The molecule has 2 aromatic heterocycles. The lowest BCUT2D eigenvalue weighted by Gasteiger charge is -2.30. The second-order valence-corrected chi connectivity index (χ2v) is 14.8. The molecule has 1 fully saturated rings. The number of ether oxygens (including phenoxy) is 1. The third kappa shape index (κ3) is 8.35. The Bertz CT molecular complexity index is 1910. The maximum Gasteiger partial charge on any atom is 0.411 e. The Kier molecular flexibility index (Phi) is 10.7. The first kappa shape index (κ1) is 34.9. The van der Waals surface area contributed by atoms with Crippen LogP contribution in [0.25, 0.3) is 22.2 Å². The predicted octanol–water partition coefficient (Wildman–Crippen LogP) is 7.04. The van der Waals surface area contributed by atoms with Crippen LogP contribution in [0.5, 0.6) is 0 Å². The van der Waals surface area contributed by atoms with Gasteiger partial charge in [0.2, 0.25) is 11.9 Å². The molecule has 1 saturated carbocycles. The molecule has 0 aliphatic heterocycles. The molecule has 48 heavy (non-hydrogen) atoms. The highest BCUT2D eigenvalue weighted by molar-refractivity contribution is 7.90. The molecule has 1 aliphatic carbocycles. The highest BCUT2D eigenvalue weighted by Crippen LogP contribution is 2.36. The molecule has 0 radical (unpaired) electrons. The van der Waals surface area contributed by atoms with Crippen molar-refractivity contribution in [3.8, 4) is 11.3 Å². The molecule has 5 rings (SSSR count). The van der Waals surface area contributed by atoms with Crippen LogP contribution in [0, 0.1) is 0 Å². The van der Waals surface area contributed by atoms with Crippen molar-refractivity contribution < 1.29 is 22.7 Å². The Hall–Kier alpha value is -4.42. The van der Waals surface area contributed by atoms with E-state index in [4.69, 9.17) is 21.3 Å². The van der Waals surface area contributed by atoms with Gasteiger partial charge in [-0.05, 0) is 70.6 Å². The topological polar surface area (TPSA) is 144 Å². The van der Waals surface area contributed by atoms with Crippen molar-refractivity contribution in [2.45, 2.75) is 88.3 Å². The minimum atomic E-state index is -3.89. The lowest BCUT2D eigenvalue weighted by molar-refractivity contribution is -0.122. The highest BCUT2D eigenvalue weighted by Gasteiger charge is 2.26. The van der Waals surface area contributed by atoms with Crippen molar-refractivity contribution in [1.82, 2.24) is 24.6 Å². The van der Waals surface area contributed by atoms with Gasteiger partial charge in [-0.2, -0.15) is 0 Å². The summed E-state index contributed by atoms with van der Waals surface area (Å²) >= 11 is 6.61. The molecule has 2 aromatic carbocycles. The third-order valence-electron chi connectivity index (χ3n) is 8.50. The summed E-state index contributed by atoms with van der Waals surface area (Å²) in [5.41, 5.74) is 1.31. The maximum absolute atomic E-state index is 13.6. The number of nitrogens with one attached hydrogen (secondary N) is 3. The van der Waals surface area contributed by atoms with E-state index in [1.54, 1.807) is 48.7 Å². The monoisotopic (exact) mass is 692 g/mol. The number of carbonyl (C=O) groups excluding carboxylic acids is 2. The van der Waals surface area contributed by atoms with E-state index in [-0.39, 0.29) is 34.3 Å². The second kappa shape index (κ2) is 14.8. The van der Waals surface area contributed by atoms with Crippen LogP contribution >= 0.6 is 11.6 Å². The molecule has 0 saturated heterocycles. The third-order valence-corrected chi connectivity index (χ3v) is 10.5. The number of fused-ring (bicyclic) bond motifs is 1. The average molecular weight is 693 g/mol. The van der Waals surface area contributed by atoms with Crippen molar-refractivity contribution in [2.75, 3.05) is 5.32 Å². The molecule has 11 nitrogen and oxygen atoms in total. The normalized spacial score (nSPS) is 16.7. The van der Waals surface area contributed by atoms with E-state index in [0.717, 1.165) is 19.3 Å². The maximum atomic E-state index is 13.6. The smallest absolute Gasteiger partial charge is 0.411 e. The van der Waals surface area contributed by atoms with Gasteiger partial charge in [0.05, 0.1) is 27.3 Å². The van der Waals surface area contributed by atoms with E-state index in [9.17, 15) is 18.0 Å². The largest absolute Gasteiger partial charge is 0.443 e. The zero-order valence-electron chi connectivity index (χ0n) is 27.3. The van der Waals surface area contributed by atoms with Crippen molar-refractivity contribution >= 4 is 50.5 Å². The lowest BCUT2D eigenvalue weighted by Crippen LogP contribution is -2.42. The van der Waals surface area contributed by atoms with Gasteiger partial charge in [-0.25, -0.2) is 27.2 Å². The van der Waals surface area contributed by atoms with E-state index < -0.39 is 21.7 Å². The molecule has 3 N–H and O–H groups in total. The molecular formula is C35H41ClN6O5S. The SMILES string of the molecule is C=C(CCC(=O)N[C@H]1CCC[C@@H](Nc2ncc(Cl)c(-c3cn(S(=O)(=O)c4ccccc4)c4ccccc34)n2)C1)NC(=O)OC(C)(C)CC. The van der Waals surface area contributed by atoms with Gasteiger partial charge in [0.15, 0.2) is 0 Å². The van der Waals surface area contributed by atoms with Crippen molar-refractivity contribution in [3.63, 3.8) is 0 Å². The zero-order chi connectivity index (χ0) is 34.5. The molecule has 254 valence electrons. The molecule has 2 amide bonds. The van der Waals surface area contributed by atoms with E-state index in [0.29, 0.717) is 53.1 Å². The van der Waals surface area contributed by atoms with Crippen molar-refractivity contribution in [2.24, 2.45) is 0 Å². The fourth-order valence-electron chi connectivity index (χ4n) is 5.62. The molecule has 4 aromatic rings. The van der Waals surface area contributed by atoms with E-state index in [1.807, 2.05) is 32.9 Å². The Morgan fingerprint density at radius 2 is 1.77 bits per heavy atom. The summed E-state index contributed by atoms with van der Waals surface area (Å²) in [6.07, 6.45) is 6.88. The van der Waals surface area contributed by atoms with Gasteiger partial charge in [-0.3, -0.25) is 10.1 Å². The standard InChI is InChI=1S/C35H41ClN6O5S/c1-5-35(3,4)47-34(44)38-23(2)18-19-31(43)39-24-12-11-13-25(20-24)40-33-37-21-29(36)32(41-33)28-22-42(30-17-10-9-16-27(28)30)48(45,46)26-14-7-6-8-15-26/h6-10,14-17,21-22,24-25H,2,5,11-13,18-20H2,1,3-4H3,(H,38,44)(H,39,43)(H,37,40,41)/t24-,25+/m0/s1. The van der Waals surface area contributed by atoms with Gasteiger partial charge in [0.1, 0.15) is 5.60 Å². The summed E-state index contributed by atoms with van der Waals surface area (Å²) in [5, 5.41) is 10.1. The quantitative estimate of drug-likeness (QED) is 0.143. The van der Waals surface area contributed by atoms with Crippen LogP contribution in [-0.2, 0) is 19.6 Å². The number of benzene rings is 2. The minimum absolute atomic E-state index is 0.00815. The number of aromatic nitrogens is 3. The first-order valence-electron chi connectivity index (χ1n) is 16.0. The molecule has 0 unspecified atom stereocenters. The Morgan fingerprint density at radius 1 is 1.06 bits per heavy atom. The Morgan fingerprint density at radius 3 is 2.52 bits per heavy atom. The number of hydrogen-bond acceptors (Lipinski definition) is 8. The van der Waals surface area contributed by atoms with E-state index >= 15 is 0 Å². The van der Waals surface area contributed by atoms with Crippen LogP contribution < -0.4 is 16.0 Å². The number of para-hydroxylation sites is 1. The number of nitrogens with zero attached hydrogens (tertiary/aromatic N) is 3. The second-order valence-electron chi connectivity index (χ2n) is 12.6. The van der Waals surface area contributed by atoms with Crippen LogP contribution in [0.3, 0.4) is 0 Å². The molecule has 0 bridgehead atoms. The molecule has 2 heterocycles. The molecule has 2 atom stereocenters. The van der Waals surface area contributed by atoms with Crippen LogP contribution in [-0.4, -0.2) is 52.0 Å². The van der Waals surface area contributed by atoms with Gasteiger partial charge >= 0.3 is 6.09 Å². The van der Waals surface area contributed by atoms with E-state index in [2.05, 4.69) is 27.5 Å². The molecule has 1 aliphatic rings. The number of alkyl carbamates (subject to hydrolysis) is 1. The number of allylic oxidation sites excluding steroid dienone is 1. The zero-order valence-corrected chi connectivity index (χ0v) is 28.9. The van der Waals surface area contributed by atoms with E-state index in [1.165, 1.54) is 10.2 Å². The summed E-state index contributed by atoms with van der Waals surface area (Å²) in [5.74, 6) is 0.229. The molecule has 13 heteroatoms. The van der Waals surface area contributed by atoms with Crippen LogP contribution in [0.15, 0.2) is 84.2 Å². The van der Waals surface area contributed by atoms with Gasteiger partial charge in [0.25, 0.3) is 10.0 Å². The fourth-order valence-corrected chi connectivity index (χ4v) is 7.21. The summed E-state index contributed by atoms with van der Waals surface area (Å²) < 4.78 is 33.9. The van der Waals surface area contributed by atoms with Gasteiger partial charge in [-0.15, -0.1) is 0 Å². The van der Waals surface area contributed by atoms with Crippen LogP contribution in [0.4, 0.5) is 10.7 Å². The predicted molar refractivity (Wildman–Crippen MR) is 187 cm³/mol. The number of halogens is 1. The van der Waals surface area contributed by atoms with Crippen molar-refractivity contribution in [3.05, 3.63) is 84.3 Å². The number of hydrogen-bond donors (Lipinski definition) is 3. The molecule has 0 spiro atoms. The van der Waals surface area contributed by atoms with Crippen LogP contribution in [0.1, 0.15) is 65.7 Å². The summed E-state index contributed by atoms with van der Waals surface area (Å²) in [6.45, 7) is 9.44. The first-order valence-corrected chi connectivity index (χ1v) is 17.9. The number of rotatable bonds is 12. The number of anilines is 1. The van der Waals surface area contributed by atoms with Crippen molar-refractivity contribution in [1.29, 1.82) is 0 Å². The summed E-state index contributed by atoms with van der Waals surface area (Å²) in [7, 11) is -3.89. The first-order chi connectivity index (χ1) is 22.9.